The van der Waals surface area contributed by atoms with E-state index in [1.807, 2.05) is 60.7 Å². The van der Waals surface area contributed by atoms with Crippen LogP contribution >= 0.6 is 11.8 Å². The van der Waals surface area contributed by atoms with E-state index in [0.29, 0.717) is 11.3 Å². The van der Waals surface area contributed by atoms with Gasteiger partial charge < -0.3 is 10.1 Å². The molecule has 2 heterocycles. The van der Waals surface area contributed by atoms with Crippen LogP contribution in [-0.2, 0) is 14.3 Å². The highest BCUT2D eigenvalue weighted by atomic mass is 32.2. The normalized spacial score (nSPS) is 20.0. The van der Waals surface area contributed by atoms with Crippen LogP contribution in [0, 0.1) is 0 Å². The molecule has 5 rings (SSSR count). The number of para-hydroxylation sites is 1. The van der Waals surface area contributed by atoms with Crippen molar-refractivity contribution in [3.05, 3.63) is 90.0 Å². The second-order valence-corrected chi connectivity index (χ2v) is 8.53. The molecule has 0 radical (unpaired) electrons. The molecule has 0 aliphatic carbocycles. The van der Waals surface area contributed by atoms with Crippen molar-refractivity contribution >= 4 is 40.9 Å². The second-order valence-electron chi connectivity index (χ2n) is 7.25. The minimum absolute atomic E-state index is 0.174. The Morgan fingerprint density at radius 2 is 1.58 bits per heavy atom. The molecule has 0 spiro atoms. The molecule has 0 saturated carbocycles. The number of fused-ring (bicyclic) bond motifs is 1. The first-order chi connectivity index (χ1) is 15.1. The first-order valence-corrected chi connectivity index (χ1v) is 10.7. The van der Waals surface area contributed by atoms with Crippen molar-refractivity contribution in [3.8, 4) is 0 Å². The number of carbonyl (C=O) groups excluding carboxylic acids is 3. The van der Waals surface area contributed by atoms with Gasteiger partial charge in [-0.15, -0.1) is 11.8 Å². The van der Waals surface area contributed by atoms with Crippen LogP contribution in [0.1, 0.15) is 28.6 Å². The standard InChI is InChI=1S/C24H18N2O4S/c27-21-14-20(23(28)26(21)16-6-2-1-3-7-16)31-17-12-10-15(11-13-17)25-22-18-8-4-5-9-19(18)24(29)30-22/h1-13,20,22,25H,14H2. The van der Waals surface area contributed by atoms with Crippen LogP contribution in [0.25, 0.3) is 0 Å². The fourth-order valence-corrected chi connectivity index (χ4v) is 4.80. The summed E-state index contributed by atoms with van der Waals surface area (Å²) in [5, 5.41) is 2.76. The fourth-order valence-electron chi connectivity index (χ4n) is 3.74. The minimum Gasteiger partial charge on any atom is -0.434 e. The number of hydrogen-bond acceptors (Lipinski definition) is 6. The fraction of sp³-hybridized carbons (Fsp3) is 0.125. The van der Waals surface area contributed by atoms with E-state index < -0.39 is 11.5 Å². The van der Waals surface area contributed by atoms with Crippen molar-refractivity contribution in [1.29, 1.82) is 0 Å². The van der Waals surface area contributed by atoms with E-state index >= 15 is 0 Å². The molecule has 0 aromatic heterocycles. The molecule has 3 aromatic rings. The number of nitrogens with zero attached hydrogens (tertiary/aromatic N) is 1. The molecule has 6 nitrogen and oxygen atoms in total. The van der Waals surface area contributed by atoms with Crippen molar-refractivity contribution in [2.45, 2.75) is 22.8 Å². The monoisotopic (exact) mass is 430 g/mol. The zero-order valence-corrected chi connectivity index (χ0v) is 17.2. The zero-order chi connectivity index (χ0) is 21.4. The van der Waals surface area contributed by atoms with Gasteiger partial charge in [-0.25, -0.2) is 9.69 Å². The van der Waals surface area contributed by atoms with Gasteiger partial charge >= 0.3 is 5.97 Å². The van der Waals surface area contributed by atoms with E-state index in [9.17, 15) is 14.4 Å². The number of rotatable bonds is 5. The maximum absolute atomic E-state index is 12.8. The molecule has 2 aliphatic heterocycles. The van der Waals surface area contributed by atoms with Gasteiger partial charge in [0.15, 0.2) is 0 Å². The first-order valence-electron chi connectivity index (χ1n) is 9.85. The van der Waals surface area contributed by atoms with E-state index in [2.05, 4.69) is 5.32 Å². The number of amides is 2. The molecule has 1 saturated heterocycles. The van der Waals surface area contributed by atoms with Crippen LogP contribution in [0.5, 0.6) is 0 Å². The lowest BCUT2D eigenvalue weighted by Crippen LogP contribution is -2.30. The summed E-state index contributed by atoms with van der Waals surface area (Å²) in [4.78, 5) is 39.3. The summed E-state index contributed by atoms with van der Waals surface area (Å²) >= 11 is 1.38. The smallest absolute Gasteiger partial charge is 0.340 e. The van der Waals surface area contributed by atoms with Crippen LogP contribution in [0.2, 0.25) is 0 Å². The maximum Gasteiger partial charge on any atom is 0.340 e. The highest BCUT2D eigenvalue weighted by Crippen LogP contribution is 2.35. The molecule has 2 atom stereocenters. The molecular formula is C24H18N2O4S. The Bertz CT molecular complexity index is 1160. The van der Waals surface area contributed by atoms with Gasteiger partial charge in [0.05, 0.1) is 16.5 Å². The van der Waals surface area contributed by atoms with E-state index in [1.54, 1.807) is 18.2 Å². The van der Waals surface area contributed by atoms with Crippen molar-refractivity contribution in [2.75, 3.05) is 10.2 Å². The van der Waals surface area contributed by atoms with Gasteiger partial charge in [-0.1, -0.05) is 36.4 Å². The first kappa shape index (κ1) is 19.4. The summed E-state index contributed by atoms with van der Waals surface area (Å²) in [6.07, 6.45) is -0.358. The molecule has 0 bridgehead atoms. The predicted molar refractivity (Wildman–Crippen MR) is 118 cm³/mol. The second kappa shape index (κ2) is 7.92. The van der Waals surface area contributed by atoms with Gasteiger partial charge in [0.2, 0.25) is 18.0 Å². The minimum atomic E-state index is -0.532. The Kier molecular flexibility index (Phi) is 4.95. The van der Waals surface area contributed by atoms with Crippen molar-refractivity contribution in [2.24, 2.45) is 0 Å². The molecule has 154 valence electrons. The molecule has 1 N–H and O–H groups in total. The average molecular weight is 430 g/mol. The van der Waals surface area contributed by atoms with Crippen LogP contribution in [0.4, 0.5) is 11.4 Å². The number of ether oxygens (including phenoxy) is 1. The van der Waals surface area contributed by atoms with Gasteiger partial charge in [0.25, 0.3) is 0 Å². The highest BCUT2D eigenvalue weighted by molar-refractivity contribution is 8.00. The molecular weight excluding hydrogens is 412 g/mol. The molecule has 7 heteroatoms. The zero-order valence-electron chi connectivity index (χ0n) is 16.4. The Labute approximate surface area is 183 Å². The Morgan fingerprint density at radius 3 is 2.35 bits per heavy atom. The Morgan fingerprint density at radius 1 is 0.871 bits per heavy atom. The van der Waals surface area contributed by atoms with Crippen LogP contribution in [-0.4, -0.2) is 23.0 Å². The summed E-state index contributed by atoms with van der Waals surface area (Å²) in [5.74, 6) is -0.723. The third-order valence-corrected chi connectivity index (χ3v) is 6.44. The maximum atomic E-state index is 12.8. The highest BCUT2D eigenvalue weighted by Gasteiger charge is 2.40. The van der Waals surface area contributed by atoms with Crippen molar-refractivity contribution < 1.29 is 19.1 Å². The summed E-state index contributed by atoms with van der Waals surface area (Å²) in [6, 6.07) is 23.8. The molecule has 2 aliphatic rings. The van der Waals surface area contributed by atoms with Gasteiger partial charge in [-0.2, -0.15) is 0 Å². The number of hydrogen-bond donors (Lipinski definition) is 1. The van der Waals surface area contributed by atoms with Crippen LogP contribution < -0.4 is 10.2 Å². The number of imide groups is 1. The van der Waals surface area contributed by atoms with Crippen LogP contribution in [0.3, 0.4) is 0 Å². The van der Waals surface area contributed by atoms with Gasteiger partial charge in [0.1, 0.15) is 0 Å². The Hall–Kier alpha value is -3.58. The average Bonchev–Trinajstić information content (AvgIpc) is 3.25. The SMILES string of the molecule is O=C1OC(Nc2ccc(SC3CC(=O)N(c4ccccc4)C3=O)cc2)c2ccccc21. The third kappa shape index (κ3) is 3.68. The molecule has 3 aromatic carbocycles. The third-order valence-electron chi connectivity index (χ3n) is 5.24. The van der Waals surface area contributed by atoms with E-state index in [4.69, 9.17) is 4.74 Å². The number of nitrogens with one attached hydrogen (secondary N) is 1. The van der Waals surface area contributed by atoms with Crippen molar-refractivity contribution in [3.63, 3.8) is 0 Å². The molecule has 2 amide bonds. The topological polar surface area (TPSA) is 75.7 Å². The molecule has 2 unspecified atom stereocenters. The number of anilines is 2. The lowest BCUT2D eigenvalue weighted by Gasteiger charge is -2.16. The number of esters is 1. The van der Waals surface area contributed by atoms with E-state index in [1.165, 1.54) is 16.7 Å². The summed E-state index contributed by atoms with van der Waals surface area (Å²) in [5.41, 5.74) is 2.77. The molecule has 31 heavy (non-hydrogen) atoms. The van der Waals surface area contributed by atoms with E-state index in [0.717, 1.165) is 16.1 Å². The largest absolute Gasteiger partial charge is 0.434 e. The molecule has 1 fully saturated rings. The van der Waals surface area contributed by atoms with E-state index in [-0.39, 0.29) is 24.2 Å². The number of carbonyl (C=O) groups is 3. The number of thioether (sulfide) groups is 1. The van der Waals surface area contributed by atoms with Gasteiger partial charge in [-0.05, 0) is 42.5 Å². The predicted octanol–water partition coefficient (Wildman–Crippen LogP) is 4.39. The number of cyclic esters (lactones) is 1. The quantitative estimate of drug-likeness (QED) is 0.478. The lowest BCUT2D eigenvalue weighted by molar-refractivity contribution is -0.121. The summed E-state index contributed by atoms with van der Waals surface area (Å²) in [6.45, 7) is 0. The summed E-state index contributed by atoms with van der Waals surface area (Å²) in [7, 11) is 0. The van der Waals surface area contributed by atoms with Crippen molar-refractivity contribution in [1.82, 2.24) is 0 Å². The van der Waals surface area contributed by atoms with Gasteiger partial charge in [-0.3, -0.25) is 9.59 Å². The summed E-state index contributed by atoms with van der Waals surface area (Å²) < 4.78 is 5.41. The number of benzene rings is 3. The van der Waals surface area contributed by atoms with Gasteiger partial charge in [0, 0.05) is 22.6 Å². The van der Waals surface area contributed by atoms with Crippen LogP contribution in [0.15, 0.2) is 83.8 Å². The Balaban J connectivity index is 1.26. The lowest BCUT2D eigenvalue weighted by atomic mass is 10.1.